The summed E-state index contributed by atoms with van der Waals surface area (Å²) in [5, 5.41) is 6.03. The summed E-state index contributed by atoms with van der Waals surface area (Å²) >= 11 is 0. The highest BCUT2D eigenvalue weighted by molar-refractivity contribution is 5.95. The summed E-state index contributed by atoms with van der Waals surface area (Å²) in [6.07, 6.45) is 4.72. The van der Waals surface area contributed by atoms with Crippen LogP contribution in [0.2, 0.25) is 0 Å². The second-order valence-corrected chi connectivity index (χ2v) is 7.78. The number of likely N-dealkylation sites (tertiary alicyclic amines) is 1. The van der Waals surface area contributed by atoms with Crippen molar-refractivity contribution in [2.24, 2.45) is 16.3 Å². The van der Waals surface area contributed by atoms with Crippen LogP contribution in [0.15, 0.2) is 16.8 Å². The molecule has 1 aliphatic carbocycles. The van der Waals surface area contributed by atoms with E-state index in [1.807, 2.05) is 31.7 Å². The molecular formula is C18H28N4O3. The van der Waals surface area contributed by atoms with Gasteiger partial charge in [-0.15, -0.1) is 0 Å². The Hall–Kier alpha value is -2.05. The molecule has 7 heteroatoms. The first-order chi connectivity index (χ1) is 11.8. The molecule has 2 amide bonds. The van der Waals surface area contributed by atoms with E-state index < -0.39 is 12.1 Å². The van der Waals surface area contributed by atoms with Crippen molar-refractivity contribution in [3.05, 3.63) is 11.8 Å². The Bertz CT molecular complexity index is 622. The highest BCUT2D eigenvalue weighted by Crippen LogP contribution is 2.55. The van der Waals surface area contributed by atoms with Crippen molar-refractivity contribution in [2.75, 3.05) is 20.2 Å². The minimum absolute atomic E-state index is 0.0223. The van der Waals surface area contributed by atoms with Gasteiger partial charge in [-0.25, -0.2) is 4.79 Å². The second-order valence-electron chi connectivity index (χ2n) is 7.78. The number of nitrogens with one attached hydrogen (secondary N) is 2. The standard InChI is InChI=1S/C18H28N4O3/c1-11(2)14(21-17(24)25-4)16(23)22-10-18(6-7-18)9-13(22)15-19-8-5-12(3)20-15/h5,11,13-14H,6-10H2,1-4H3,(H,19,20)(H,21,24). The van der Waals surface area contributed by atoms with Crippen molar-refractivity contribution in [3.8, 4) is 0 Å². The number of carbonyl (C=O) groups excluding carboxylic acids is 2. The summed E-state index contributed by atoms with van der Waals surface area (Å²) in [6.45, 7) is 7.26. The first-order valence-electron chi connectivity index (χ1n) is 8.98. The Kier molecular flexibility index (Phi) is 4.75. The Morgan fingerprint density at radius 2 is 2.16 bits per heavy atom. The number of rotatable bonds is 4. The molecule has 1 saturated carbocycles. The maximum atomic E-state index is 13.2. The molecule has 2 atom stereocenters. The molecule has 3 rings (SSSR count). The molecular weight excluding hydrogens is 320 g/mol. The van der Waals surface area contributed by atoms with Crippen molar-refractivity contribution in [1.29, 1.82) is 0 Å². The molecule has 2 heterocycles. The molecule has 1 spiro atoms. The van der Waals surface area contributed by atoms with Gasteiger partial charge in [0.05, 0.1) is 19.7 Å². The lowest BCUT2D eigenvalue weighted by molar-refractivity contribution is -0.134. The molecule has 2 unspecified atom stereocenters. The Morgan fingerprint density at radius 1 is 1.44 bits per heavy atom. The van der Waals surface area contributed by atoms with Crippen LogP contribution in [-0.2, 0) is 9.53 Å². The van der Waals surface area contributed by atoms with Gasteiger partial charge in [0.15, 0.2) is 0 Å². The van der Waals surface area contributed by atoms with E-state index in [0.717, 1.165) is 37.3 Å². The number of hydrogen-bond donors (Lipinski definition) is 2. The molecule has 0 radical (unpaired) electrons. The number of allylic oxidation sites excluding steroid dienone is 1. The highest BCUT2D eigenvalue weighted by Gasteiger charge is 2.55. The summed E-state index contributed by atoms with van der Waals surface area (Å²) in [7, 11) is 1.31. The van der Waals surface area contributed by atoms with E-state index in [0.29, 0.717) is 6.54 Å². The van der Waals surface area contributed by atoms with Gasteiger partial charge < -0.3 is 20.3 Å². The molecule has 1 saturated heterocycles. The fraction of sp³-hybridized carbons (Fsp3) is 0.722. The fourth-order valence-electron chi connectivity index (χ4n) is 3.71. The number of alkyl carbamates (subject to hydrolysis) is 1. The number of nitrogens with zero attached hydrogens (tertiary/aromatic N) is 2. The Balaban J connectivity index is 1.80. The number of amides is 2. The minimum atomic E-state index is -0.593. The molecule has 25 heavy (non-hydrogen) atoms. The topological polar surface area (TPSA) is 83.0 Å². The van der Waals surface area contributed by atoms with E-state index in [2.05, 4.69) is 20.4 Å². The van der Waals surface area contributed by atoms with Crippen molar-refractivity contribution in [1.82, 2.24) is 15.5 Å². The summed E-state index contributed by atoms with van der Waals surface area (Å²) in [4.78, 5) is 31.4. The monoisotopic (exact) mass is 348 g/mol. The smallest absolute Gasteiger partial charge is 0.407 e. The third-order valence-electron chi connectivity index (χ3n) is 5.44. The van der Waals surface area contributed by atoms with Crippen molar-refractivity contribution >= 4 is 17.8 Å². The first-order valence-corrected chi connectivity index (χ1v) is 8.98. The van der Waals surface area contributed by atoms with E-state index in [4.69, 9.17) is 0 Å². The predicted molar refractivity (Wildman–Crippen MR) is 95.1 cm³/mol. The number of methoxy groups -OCH3 is 1. The number of carbonyl (C=O) groups is 2. The van der Waals surface area contributed by atoms with Crippen molar-refractivity contribution in [2.45, 2.75) is 52.1 Å². The van der Waals surface area contributed by atoms with Crippen LogP contribution in [0.5, 0.6) is 0 Å². The maximum absolute atomic E-state index is 13.2. The van der Waals surface area contributed by atoms with Crippen LogP contribution in [0.4, 0.5) is 4.79 Å². The van der Waals surface area contributed by atoms with Crippen LogP contribution < -0.4 is 10.6 Å². The van der Waals surface area contributed by atoms with Gasteiger partial charge in [-0.1, -0.05) is 13.8 Å². The number of aliphatic imine (C=N–C) groups is 1. The largest absolute Gasteiger partial charge is 0.453 e. The molecule has 2 aliphatic heterocycles. The fourth-order valence-corrected chi connectivity index (χ4v) is 3.71. The quantitative estimate of drug-likeness (QED) is 0.809. The van der Waals surface area contributed by atoms with Gasteiger partial charge >= 0.3 is 6.09 Å². The van der Waals surface area contributed by atoms with Gasteiger partial charge in [0, 0.05) is 12.2 Å². The number of amidine groups is 1. The molecule has 2 fully saturated rings. The molecule has 3 aliphatic rings. The van der Waals surface area contributed by atoms with Crippen molar-refractivity contribution in [3.63, 3.8) is 0 Å². The van der Waals surface area contributed by atoms with E-state index in [1.165, 1.54) is 7.11 Å². The second kappa shape index (κ2) is 6.69. The summed E-state index contributed by atoms with van der Waals surface area (Å²) in [5.41, 5.74) is 1.31. The molecule has 2 N–H and O–H groups in total. The van der Waals surface area contributed by atoms with Crippen LogP contribution >= 0.6 is 0 Å². The molecule has 0 aromatic heterocycles. The van der Waals surface area contributed by atoms with Crippen LogP contribution in [0.1, 0.15) is 40.0 Å². The highest BCUT2D eigenvalue weighted by atomic mass is 16.5. The lowest BCUT2D eigenvalue weighted by Crippen LogP contribution is -2.55. The van der Waals surface area contributed by atoms with Crippen LogP contribution in [0.3, 0.4) is 0 Å². The van der Waals surface area contributed by atoms with Gasteiger partial charge in [-0.05, 0) is 43.6 Å². The summed E-state index contributed by atoms with van der Waals surface area (Å²) < 4.78 is 4.69. The Morgan fingerprint density at radius 3 is 2.72 bits per heavy atom. The predicted octanol–water partition coefficient (Wildman–Crippen LogP) is 1.65. The lowest BCUT2D eigenvalue weighted by Gasteiger charge is -2.32. The van der Waals surface area contributed by atoms with Gasteiger partial charge in [0.1, 0.15) is 11.9 Å². The summed E-state index contributed by atoms with van der Waals surface area (Å²) in [5.74, 6) is 0.800. The zero-order valence-corrected chi connectivity index (χ0v) is 15.5. The molecule has 0 aromatic rings. The van der Waals surface area contributed by atoms with E-state index in [-0.39, 0.29) is 23.3 Å². The third-order valence-corrected chi connectivity index (χ3v) is 5.44. The normalized spacial score (nSPS) is 25.2. The minimum Gasteiger partial charge on any atom is -0.453 e. The van der Waals surface area contributed by atoms with E-state index in [1.54, 1.807) is 0 Å². The van der Waals surface area contributed by atoms with E-state index in [9.17, 15) is 9.59 Å². The lowest BCUT2D eigenvalue weighted by atomic mass is 10.0. The average molecular weight is 348 g/mol. The van der Waals surface area contributed by atoms with Gasteiger partial charge in [-0.2, -0.15) is 0 Å². The zero-order chi connectivity index (χ0) is 18.2. The van der Waals surface area contributed by atoms with Gasteiger partial charge in [0.2, 0.25) is 5.91 Å². The van der Waals surface area contributed by atoms with Crippen molar-refractivity contribution < 1.29 is 14.3 Å². The van der Waals surface area contributed by atoms with Crippen LogP contribution in [0, 0.1) is 11.3 Å². The molecule has 0 aromatic carbocycles. The first kappa shape index (κ1) is 17.8. The third kappa shape index (κ3) is 3.65. The summed E-state index contributed by atoms with van der Waals surface area (Å²) in [6, 6.07) is -0.635. The average Bonchev–Trinajstić information content (AvgIpc) is 3.22. The van der Waals surface area contributed by atoms with E-state index >= 15 is 0 Å². The molecule has 0 bridgehead atoms. The van der Waals surface area contributed by atoms with Gasteiger partial charge in [-0.3, -0.25) is 9.79 Å². The molecule has 138 valence electrons. The molecule has 7 nitrogen and oxygen atoms in total. The maximum Gasteiger partial charge on any atom is 0.407 e. The van der Waals surface area contributed by atoms with Crippen LogP contribution in [0.25, 0.3) is 0 Å². The number of hydrogen-bond acceptors (Lipinski definition) is 5. The SMILES string of the molecule is COC(=O)NC(C(=O)N1CC2(CC2)CC1C1=NCC=C(C)N1)C(C)C. The Labute approximate surface area is 148 Å². The van der Waals surface area contributed by atoms with Crippen LogP contribution in [-0.4, -0.2) is 55.0 Å². The number of ether oxygens (including phenoxy) is 1. The zero-order valence-electron chi connectivity index (χ0n) is 15.5. The van der Waals surface area contributed by atoms with Gasteiger partial charge in [0.25, 0.3) is 0 Å².